The maximum atomic E-state index is 12.1. The number of carbonyl (C=O) groups excluding carboxylic acids is 1. The summed E-state index contributed by atoms with van der Waals surface area (Å²) in [4.78, 5) is 14.1. The number of nitrogens with zero attached hydrogens (tertiary/aromatic N) is 1. The fourth-order valence-electron chi connectivity index (χ4n) is 2.73. The topological polar surface area (TPSA) is 38.8 Å². The summed E-state index contributed by atoms with van der Waals surface area (Å²) in [6.07, 6.45) is 6.39. The van der Waals surface area contributed by atoms with Crippen LogP contribution in [0.3, 0.4) is 0 Å². The Morgan fingerprint density at radius 3 is 2.63 bits per heavy atom. The van der Waals surface area contributed by atoms with E-state index in [0.717, 1.165) is 57.6 Å². The van der Waals surface area contributed by atoms with Crippen LogP contribution in [-0.2, 0) is 14.3 Å². The molecule has 0 saturated carbocycles. The molecule has 2 fully saturated rings. The predicted octanol–water partition coefficient (Wildman–Crippen LogP) is 2.14. The molecule has 0 aliphatic carbocycles. The molecule has 2 saturated heterocycles. The molecule has 2 aliphatic rings. The average Bonchev–Trinajstić information content (AvgIpc) is 2.92. The molecule has 0 aromatic heterocycles. The van der Waals surface area contributed by atoms with Gasteiger partial charge in [-0.05, 0) is 32.6 Å². The van der Waals surface area contributed by atoms with Crippen molar-refractivity contribution in [2.45, 2.75) is 51.7 Å². The molecule has 0 radical (unpaired) electrons. The maximum absolute atomic E-state index is 12.1. The van der Waals surface area contributed by atoms with Gasteiger partial charge >= 0.3 is 0 Å². The first-order valence-electron chi connectivity index (χ1n) is 7.40. The van der Waals surface area contributed by atoms with Gasteiger partial charge in [0.05, 0.1) is 18.8 Å². The van der Waals surface area contributed by atoms with Crippen LogP contribution in [0.15, 0.2) is 11.6 Å². The molecule has 0 aromatic rings. The first-order valence-corrected chi connectivity index (χ1v) is 7.40. The van der Waals surface area contributed by atoms with E-state index in [0.29, 0.717) is 6.10 Å². The third kappa shape index (κ3) is 4.05. The minimum Gasteiger partial charge on any atom is -0.379 e. The summed E-state index contributed by atoms with van der Waals surface area (Å²) in [5.41, 5.74) is 0.867. The lowest BCUT2D eigenvalue weighted by molar-refractivity contribution is -0.130. The second-order valence-corrected chi connectivity index (χ2v) is 5.41. The van der Waals surface area contributed by atoms with Crippen molar-refractivity contribution in [3.05, 3.63) is 11.6 Å². The number of ether oxygens (including phenoxy) is 2. The molecule has 4 nitrogen and oxygen atoms in total. The van der Waals surface area contributed by atoms with Gasteiger partial charge in [-0.25, -0.2) is 0 Å². The van der Waals surface area contributed by atoms with Crippen LogP contribution in [0.1, 0.15) is 39.5 Å². The molecule has 0 aromatic carbocycles. The molecule has 0 unspecified atom stereocenters. The lowest BCUT2D eigenvalue weighted by atomic mass is 10.1. The van der Waals surface area contributed by atoms with Crippen LogP contribution < -0.4 is 0 Å². The lowest BCUT2D eigenvalue weighted by Crippen LogP contribution is -2.42. The van der Waals surface area contributed by atoms with Crippen molar-refractivity contribution in [2.75, 3.05) is 26.3 Å². The van der Waals surface area contributed by atoms with E-state index in [4.69, 9.17) is 9.47 Å². The van der Waals surface area contributed by atoms with Crippen molar-refractivity contribution in [2.24, 2.45) is 0 Å². The average molecular weight is 267 g/mol. The van der Waals surface area contributed by atoms with Gasteiger partial charge in [0.1, 0.15) is 0 Å². The first-order chi connectivity index (χ1) is 9.20. The molecule has 1 amide bonds. The summed E-state index contributed by atoms with van der Waals surface area (Å²) in [5.74, 6) is 0.185. The summed E-state index contributed by atoms with van der Waals surface area (Å²) in [6.45, 7) is 7.14. The number of hydrogen-bond donors (Lipinski definition) is 0. The Kier molecular flexibility index (Phi) is 5.40. The van der Waals surface area contributed by atoms with Crippen LogP contribution in [0.2, 0.25) is 0 Å². The minimum absolute atomic E-state index is 0.185. The summed E-state index contributed by atoms with van der Waals surface area (Å²) >= 11 is 0. The standard InChI is InChI=1S/C15H25NO3/c1-3-4-12(2)15(17)16-8-5-13(6-9-16)19-14-7-10-18-11-14/h4,13-14H,3,5-11H2,1-2H3/b12-4+/t14-/m1/s1. The summed E-state index contributed by atoms with van der Waals surface area (Å²) in [7, 11) is 0. The third-order valence-electron chi connectivity index (χ3n) is 3.85. The van der Waals surface area contributed by atoms with Crippen molar-refractivity contribution in [3.8, 4) is 0 Å². The van der Waals surface area contributed by atoms with Gasteiger partial charge in [-0.1, -0.05) is 13.0 Å². The molecule has 4 heteroatoms. The van der Waals surface area contributed by atoms with Crippen LogP contribution in [0.5, 0.6) is 0 Å². The van der Waals surface area contributed by atoms with E-state index in [-0.39, 0.29) is 12.0 Å². The van der Waals surface area contributed by atoms with Gasteiger partial charge in [0.25, 0.3) is 0 Å². The van der Waals surface area contributed by atoms with Crippen LogP contribution in [0.4, 0.5) is 0 Å². The fraction of sp³-hybridized carbons (Fsp3) is 0.800. The number of likely N-dealkylation sites (tertiary alicyclic amines) is 1. The number of piperidine rings is 1. The highest BCUT2D eigenvalue weighted by atomic mass is 16.5. The number of amides is 1. The largest absolute Gasteiger partial charge is 0.379 e. The second-order valence-electron chi connectivity index (χ2n) is 5.41. The van der Waals surface area contributed by atoms with Crippen LogP contribution in [0, 0.1) is 0 Å². The predicted molar refractivity (Wildman–Crippen MR) is 74.0 cm³/mol. The van der Waals surface area contributed by atoms with Gasteiger partial charge in [-0.2, -0.15) is 0 Å². The van der Waals surface area contributed by atoms with Crippen molar-refractivity contribution in [3.63, 3.8) is 0 Å². The number of allylic oxidation sites excluding steroid dienone is 1. The third-order valence-corrected chi connectivity index (χ3v) is 3.85. The Bertz CT molecular complexity index is 326. The maximum Gasteiger partial charge on any atom is 0.249 e. The van der Waals surface area contributed by atoms with E-state index in [1.165, 1.54) is 0 Å². The van der Waals surface area contributed by atoms with Gasteiger partial charge in [0.2, 0.25) is 5.91 Å². The van der Waals surface area contributed by atoms with Gasteiger partial charge in [0, 0.05) is 25.3 Å². The Balaban J connectivity index is 1.75. The smallest absolute Gasteiger partial charge is 0.249 e. The van der Waals surface area contributed by atoms with Crippen molar-refractivity contribution in [1.82, 2.24) is 4.90 Å². The zero-order valence-corrected chi connectivity index (χ0v) is 12.1. The van der Waals surface area contributed by atoms with Crippen LogP contribution in [-0.4, -0.2) is 49.3 Å². The molecule has 108 valence electrons. The van der Waals surface area contributed by atoms with Crippen molar-refractivity contribution < 1.29 is 14.3 Å². The highest BCUT2D eigenvalue weighted by Crippen LogP contribution is 2.20. The van der Waals surface area contributed by atoms with Gasteiger partial charge in [-0.15, -0.1) is 0 Å². The van der Waals surface area contributed by atoms with E-state index in [2.05, 4.69) is 6.92 Å². The zero-order chi connectivity index (χ0) is 13.7. The van der Waals surface area contributed by atoms with E-state index in [1.54, 1.807) is 0 Å². The first kappa shape index (κ1) is 14.5. The lowest BCUT2D eigenvalue weighted by Gasteiger charge is -2.33. The molecule has 2 aliphatic heterocycles. The Labute approximate surface area is 115 Å². The number of carbonyl (C=O) groups is 1. The van der Waals surface area contributed by atoms with Gasteiger partial charge in [-0.3, -0.25) is 4.79 Å². The Morgan fingerprint density at radius 1 is 1.32 bits per heavy atom. The summed E-state index contributed by atoms with van der Waals surface area (Å²) in [6, 6.07) is 0. The molecule has 2 heterocycles. The van der Waals surface area contributed by atoms with Crippen LogP contribution >= 0.6 is 0 Å². The molecular formula is C15H25NO3. The monoisotopic (exact) mass is 267 g/mol. The van der Waals surface area contributed by atoms with Crippen molar-refractivity contribution in [1.29, 1.82) is 0 Å². The Hall–Kier alpha value is -0.870. The fourth-order valence-corrected chi connectivity index (χ4v) is 2.73. The molecular weight excluding hydrogens is 242 g/mol. The Morgan fingerprint density at radius 2 is 2.05 bits per heavy atom. The number of hydrogen-bond acceptors (Lipinski definition) is 3. The zero-order valence-electron chi connectivity index (χ0n) is 12.1. The van der Waals surface area contributed by atoms with Gasteiger partial charge < -0.3 is 14.4 Å². The van der Waals surface area contributed by atoms with E-state index in [9.17, 15) is 4.79 Å². The van der Waals surface area contributed by atoms with E-state index < -0.39 is 0 Å². The molecule has 19 heavy (non-hydrogen) atoms. The number of rotatable bonds is 4. The second kappa shape index (κ2) is 7.06. The molecule has 1 atom stereocenters. The quantitative estimate of drug-likeness (QED) is 0.733. The molecule has 0 bridgehead atoms. The highest BCUT2D eigenvalue weighted by Gasteiger charge is 2.27. The van der Waals surface area contributed by atoms with E-state index >= 15 is 0 Å². The SMILES string of the molecule is CC/C=C(\C)C(=O)N1CCC(O[C@@H]2CCOC2)CC1. The van der Waals surface area contributed by atoms with Crippen molar-refractivity contribution >= 4 is 5.91 Å². The van der Waals surface area contributed by atoms with Crippen LogP contribution in [0.25, 0.3) is 0 Å². The minimum atomic E-state index is 0.185. The van der Waals surface area contributed by atoms with Gasteiger partial charge in [0.15, 0.2) is 0 Å². The highest BCUT2D eigenvalue weighted by molar-refractivity contribution is 5.92. The molecule has 0 N–H and O–H groups in total. The summed E-state index contributed by atoms with van der Waals surface area (Å²) < 4.78 is 11.3. The van der Waals surface area contributed by atoms with E-state index in [1.807, 2.05) is 17.9 Å². The normalized spacial score (nSPS) is 25.9. The molecule has 0 spiro atoms. The summed E-state index contributed by atoms with van der Waals surface area (Å²) in [5, 5.41) is 0. The molecule has 2 rings (SSSR count).